The number of ether oxygens (including phenoxy) is 1. The van der Waals surface area contributed by atoms with E-state index in [2.05, 4.69) is 41.6 Å². The third-order valence-corrected chi connectivity index (χ3v) is 3.20. The van der Waals surface area contributed by atoms with Crippen molar-refractivity contribution >= 4 is 11.0 Å². The summed E-state index contributed by atoms with van der Waals surface area (Å²) in [7, 11) is 1.72. The van der Waals surface area contributed by atoms with Gasteiger partial charge in [0.2, 0.25) is 0 Å². The van der Waals surface area contributed by atoms with E-state index in [9.17, 15) is 0 Å². The predicted molar refractivity (Wildman–Crippen MR) is 69.9 cm³/mol. The van der Waals surface area contributed by atoms with Crippen LogP contribution in [0.3, 0.4) is 0 Å². The van der Waals surface area contributed by atoms with Crippen LogP contribution in [0.2, 0.25) is 0 Å². The van der Waals surface area contributed by atoms with E-state index in [0.29, 0.717) is 12.5 Å². The minimum absolute atomic E-state index is 0.575. The zero-order chi connectivity index (χ0) is 12.3. The van der Waals surface area contributed by atoms with Gasteiger partial charge in [0.1, 0.15) is 12.4 Å². The van der Waals surface area contributed by atoms with Crippen LogP contribution in [0.1, 0.15) is 26.1 Å². The van der Waals surface area contributed by atoms with Crippen LogP contribution in [0, 0.1) is 5.92 Å². The van der Waals surface area contributed by atoms with Crippen molar-refractivity contribution in [2.24, 2.45) is 5.92 Å². The van der Waals surface area contributed by atoms with E-state index in [0.717, 1.165) is 17.9 Å². The minimum atomic E-state index is 0.575. The number of aromatic nitrogens is 2. The number of nitrogens with zero attached hydrogens (tertiary/aromatic N) is 2. The summed E-state index contributed by atoms with van der Waals surface area (Å²) in [6, 6.07) is 8.28. The highest BCUT2D eigenvalue weighted by Gasteiger charge is 2.11. The van der Waals surface area contributed by atoms with Crippen LogP contribution in [-0.2, 0) is 17.9 Å². The van der Waals surface area contributed by atoms with Gasteiger partial charge in [-0.15, -0.1) is 0 Å². The molecule has 1 unspecified atom stereocenters. The second kappa shape index (κ2) is 5.32. The Bertz CT molecular complexity index is 490. The van der Waals surface area contributed by atoms with Crippen LogP contribution in [0.5, 0.6) is 0 Å². The molecule has 0 saturated carbocycles. The zero-order valence-electron chi connectivity index (χ0n) is 10.8. The molecular formula is C14H20N2O. The number of para-hydroxylation sites is 2. The highest BCUT2D eigenvalue weighted by Crippen LogP contribution is 2.19. The van der Waals surface area contributed by atoms with Crippen LogP contribution < -0.4 is 0 Å². The molecule has 17 heavy (non-hydrogen) atoms. The molecule has 2 rings (SSSR count). The van der Waals surface area contributed by atoms with E-state index in [1.807, 2.05) is 6.07 Å². The quantitative estimate of drug-likeness (QED) is 0.791. The predicted octanol–water partition coefficient (Wildman–Crippen LogP) is 3.23. The number of hydrogen-bond acceptors (Lipinski definition) is 2. The number of fused-ring (bicyclic) bond motifs is 1. The molecule has 0 saturated heterocycles. The Morgan fingerprint density at radius 3 is 2.82 bits per heavy atom. The fourth-order valence-corrected chi connectivity index (χ4v) is 2.01. The summed E-state index contributed by atoms with van der Waals surface area (Å²) in [6.07, 6.45) is 1.18. The molecule has 1 aromatic carbocycles. The Labute approximate surface area is 102 Å². The van der Waals surface area contributed by atoms with E-state index in [1.165, 1.54) is 11.9 Å². The maximum Gasteiger partial charge on any atom is 0.135 e. The van der Waals surface area contributed by atoms with Crippen LogP contribution >= 0.6 is 0 Å². The number of benzene rings is 1. The van der Waals surface area contributed by atoms with Gasteiger partial charge in [-0.05, 0) is 18.1 Å². The van der Waals surface area contributed by atoms with Gasteiger partial charge in [0.15, 0.2) is 0 Å². The van der Waals surface area contributed by atoms with Crippen LogP contribution in [0.25, 0.3) is 11.0 Å². The second-order valence-electron chi connectivity index (χ2n) is 4.57. The molecule has 0 spiro atoms. The first-order valence-electron chi connectivity index (χ1n) is 6.19. The zero-order valence-corrected chi connectivity index (χ0v) is 10.8. The molecule has 0 fully saturated rings. The van der Waals surface area contributed by atoms with Crippen molar-refractivity contribution in [2.45, 2.75) is 33.4 Å². The molecule has 0 bridgehead atoms. The van der Waals surface area contributed by atoms with Gasteiger partial charge in [0.25, 0.3) is 0 Å². The molecule has 0 radical (unpaired) electrons. The Morgan fingerprint density at radius 1 is 1.35 bits per heavy atom. The standard InChI is InChI=1S/C14H20N2O/c1-4-11(2)9-16-13-8-6-5-7-12(13)15-14(16)10-17-3/h5-8,11H,4,9-10H2,1-3H3. The van der Waals surface area contributed by atoms with Crippen molar-refractivity contribution in [3.05, 3.63) is 30.1 Å². The van der Waals surface area contributed by atoms with Gasteiger partial charge in [-0.25, -0.2) is 4.98 Å². The second-order valence-corrected chi connectivity index (χ2v) is 4.57. The average Bonchev–Trinajstić information content (AvgIpc) is 2.68. The Hall–Kier alpha value is -1.35. The lowest BCUT2D eigenvalue weighted by molar-refractivity contribution is 0.173. The van der Waals surface area contributed by atoms with Gasteiger partial charge in [0, 0.05) is 13.7 Å². The number of methoxy groups -OCH3 is 1. The highest BCUT2D eigenvalue weighted by atomic mass is 16.5. The minimum Gasteiger partial charge on any atom is -0.377 e. The maximum atomic E-state index is 5.23. The maximum absolute atomic E-state index is 5.23. The fourth-order valence-electron chi connectivity index (χ4n) is 2.01. The molecule has 0 aliphatic heterocycles. The number of imidazole rings is 1. The monoisotopic (exact) mass is 232 g/mol. The number of rotatable bonds is 5. The van der Waals surface area contributed by atoms with E-state index in [4.69, 9.17) is 4.74 Å². The topological polar surface area (TPSA) is 27.1 Å². The first kappa shape index (κ1) is 12.1. The smallest absolute Gasteiger partial charge is 0.135 e. The molecule has 3 heteroatoms. The van der Waals surface area contributed by atoms with Gasteiger partial charge in [0.05, 0.1) is 11.0 Å². The summed E-state index contributed by atoms with van der Waals surface area (Å²) < 4.78 is 7.51. The molecule has 0 amide bonds. The molecule has 0 aliphatic rings. The Kier molecular flexibility index (Phi) is 3.79. The first-order chi connectivity index (χ1) is 8.26. The molecule has 1 heterocycles. The highest BCUT2D eigenvalue weighted by molar-refractivity contribution is 5.75. The lowest BCUT2D eigenvalue weighted by atomic mass is 10.1. The van der Waals surface area contributed by atoms with Crippen molar-refractivity contribution in [2.75, 3.05) is 7.11 Å². The summed E-state index contributed by atoms with van der Waals surface area (Å²) >= 11 is 0. The Morgan fingerprint density at radius 2 is 2.12 bits per heavy atom. The first-order valence-corrected chi connectivity index (χ1v) is 6.19. The third kappa shape index (κ3) is 2.50. The van der Waals surface area contributed by atoms with Gasteiger partial charge >= 0.3 is 0 Å². The van der Waals surface area contributed by atoms with Gasteiger partial charge in [-0.3, -0.25) is 0 Å². The van der Waals surface area contributed by atoms with Crippen molar-refractivity contribution in [1.29, 1.82) is 0 Å². The van der Waals surface area contributed by atoms with Crippen molar-refractivity contribution in [3.63, 3.8) is 0 Å². The van der Waals surface area contributed by atoms with E-state index >= 15 is 0 Å². The number of hydrogen-bond donors (Lipinski definition) is 0. The van der Waals surface area contributed by atoms with Gasteiger partial charge in [-0.2, -0.15) is 0 Å². The molecule has 2 aromatic rings. The molecule has 3 nitrogen and oxygen atoms in total. The van der Waals surface area contributed by atoms with Gasteiger partial charge in [-0.1, -0.05) is 32.4 Å². The van der Waals surface area contributed by atoms with Crippen molar-refractivity contribution < 1.29 is 4.74 Å². The van der Waals surface area contributed by atoms with Crippen molar-refractivity contribution in [1.82, 2.24) is 9.55 Å². The largest absolute Gasteiger partial charge is 0.377 e. The molecule has 0 aliphatic carbocycles. The van der Waals surface area contributed by atoms with Crippen molar-refractivity contribution in [3.8, 4) is 0 Å². The van der Waals surface area contributed by atoms with Crippen LogP contribution in [0.4, 0.5) is 0 Å². The molecule has 92 valence electrons. The van der Waals surface area contributed by atoms with Crippen LogP contribution in [0.15, 0.2) is 24.3 Å². The van der Waals surface area contributed by atoms with E-state index in [-0.39, 0.29) is 0 Å². The van der Waals surface area contributed by atoms with E-state index < -0.39 is 0 Å². The van der Waals surface area contributed by atoms with Gasteiger partial charge < -0.3 is 9.30 Å². The Balaban J connectivity index is 2.44. The molecule has 1 aromatic heterocycles. The van der Waals surface area contributed by atoms with E-state index in [1.54, 1.807) is 7.11 Å². The molecule has 0 N–H and O–H groups in total. The molecular weight excluding hydrogens is 212 g/mol. The average molecular weight is 232 g/mol. The normalized spacial score (nSPS) is 13.1. The molecule has 1 atom stereocenters. The summed E-state index contributed by atoms with van der Waals surface area (Å²) in [5.41, 5.74) is 2.27. The summed E-state index contributed by atoms with van der Waals surface area (Å²) in [6.45, 7) is 6.08. The van der Waals surface area contributed by atoms with Crippen LogP contribution in [-0.4, -0.2) is 16.7 Å². The lowest BCUT2D eigenvalue weighted by Gasteiger charge is -2.13. The lowest BCUT2D eigenvalue weighted by Crippen LogP contribution is -2.10. The summed E-state index contributed by atoms with van der Waals surface area (Å²) in [5, 5.41) is 0. The summed E-state index contributed by atoms with van der Waals surface area (Å²) in [4.78, 5) is 4.63. The SMILES string of the molecule is CCC(C)Cn1c(COC)nc2ccccc21. The summed E-state index contributed by atoms with van der Waals surface area (Å²) in [5.74, 6) is 1.68. The fraction of sp³-hybridized carbons (Fsp3) is 0.500. The third-order valence-electron chi connectivity index (χ3n) is 3.20.